The SMILES string of the molecule is CCN1CCCCC(CN)C1. The Kier molecular flexibility index (Phi) is 3.87. The third-order valence-electron chi connectivity index (χ3n) is 2.63. The van der Waals surface area contributed by atoms with Gasteiger partial charge in [0, 0.05) is 6.54 Å². The van der Waals surface area contributed by atoms with Gasteiger partial charge < -0.3 is 10.6 Å². The number of rotatable bonds is 2. The fraction of sp³-hybridized carbons (Fsp3) is 1.00. The van der Waals surface area contributed by atoms with Gasteiger partial charge in [-0.3, -0.25) is 0 Å². The molecule has 2 nitrogen and oxygen atoms in total. The molecule has 0 radical (unpaired) electrons. The molecule has 0 bridgehead atoms. The van der Waals surface area contributed by atoms with E-state index >= 15 is 0 Å². The van der Waals surface area contributed by atoms with Gasteiger partial charge in [-0.25, -0.2) is 0 Å². The second kappa shape index (κ2) is 4.73. The molecule has 0 aromatic rings. The van der Waals surface area contributed by atoms with E-state index in [1.807, 2.05) is 0 Å². The van der Waals surface area contributed by atoms with Gasteiger partial charge in [0.1, 0.15) is 0 Å². The molecule has 0 amide bonds. The highest BCUT2D eigenvalue weighted by molar-refractivity contribution is 4.70. The van der Waals surface area contributed by atoms with E-state index in [1.54, 1.807) is 0 Å². The minimum absolute atomic E-state index is 0.762. The molecule has 0 aromatic heterocycles. The van der Waals surface area contributed by atoms with Crippen LogP contribution in [0.15, 0.2) is 0 Å². The van der Waals surface area contributed by atoms with Crippen molar-refractivity contribution in [2.45, 2.75) is 26.2 Å². The highest BCUT2D eigenvalue weighted by Gasteiger charge is 2.14. The van der Waals surface area contributed by atoms with Crippen LogP contribution in [-0.4, -0.2) is 31.1 Å². The zero-order valence-electron chi connectivity index (χ0n) is 7.55. The van der Waals surface area contributed by atoms with Crippen LogP contribution < -0.4 is 5.73 Å². The van der Waals surface area contributed by atoms with Crippen molar-refractivity contribution in [2.75, 3.05) is 26.2 Å². The molecular weight excluding hydrogens is 136 g/mol. The maximum atomic E-state index is 5.66. The summed E-state index contributed by atoms with van der Waals surface area (Å²) in [5.74, 6) is 0.762. The van der Waals surface area contributed by atoms with Crippen LogP contribution in [0.3, 0.4) is 0 Å². The molecule has 11 heavy (non-hydrogen) atoms. The van der Waals surface area contributed by atoms with Crippen molar-refractivity contribution in [1.82, 2.24) is 4.90 Å². The molecule has 0 aliphatic carbocycles. The molecule has 66 valence electrons. The summed E-state index contributed by atoms with van der Waals surface area (Å²) in [6.07, 6.45) is 4.08. The summed E-state index contributed by atoms with van der Waals surface area (Å²) in [5.41, 5.74) is 5.66. The number of hydrogen-bond acceptors (Lipinski definition) is 2. The third kappa shape index (κ3) is 2.80. The maximum Gasteiger partial charge on any atom is 0.00216 e. The number of nitrogens with zero attached hydrogens (tertiary/aromatic N) is 1. The number of hydrogen-bond donors (Lipinski definition) is 1. The van der Waals surface area contributed by atoms with Crippen LogP contribution in [0.4, 0.5) is 0 Å². The zero-order chi connectivity index (χ0) is 8.10. The lowest BCUT2D eigenvalue weighted by atomic mass is 10.0. The monoisotopic (exact) mass is 156 g/mol. The molecule has 0 aromatic carbocycles. The smallest absolute Gasteiger partial charge is 0.00216 e. The Hall–Kier alpha value is -0.0800. The first-order valence-electron chi connectivity index (χ1n) is 4.79. The molecule has 1 fully saturated rings. The Bertz CT molecular complexity index is 91.7. The molecule has 2 N–H and O–H groups in total. The fourth-order valence-corrected chi connectivity index (χ4v) is 1.80. The third-order valence-corrected chi connectivity index (χ3v) is 2.63. The van der Waals surface area contributed by atoms with E-state index in [9.17, 15) is 0 Å². The van der Waals surface area contributed by atoms with Crippen LogP contribution in [0.1, 0.15) is 26.2 Å². The topological polar surface area (TPSA) is 29.3 Å². The number of likely N-dealkylation sites (tertiary alicyclic amines) is 1. The van der Waals surface area contributed by atoms with Crippen molar-refractivity contribution in [2.24, 2.45) is 11.7 Å². The van der Waals surface area contributed by atoms with Crippen molar-refractivity contribution in [3.8, 4) is 0 Å². The summed E-state index contributed by atoms with van der Waals surface area (Å²) in [5, 5.41) is 0. The van der Waals surface area contributed by atoms with E-state index in [-0.39, 0.29) is 0 Å². The van der Waals surface area contributed by atoms with Crippen molar-refractivity contribution in [3.63, 3.8) is 0 Å². The second-order valence-corrected chi connectivity index (χ2v) is 3.49. The van der Waals surface area contributed by atoms with Crippen molar-refractivity contribution < 1.29 is 0 Å². The summed E-state index contributed by atoms with van der Waals surface area (Å²) in [6, 6.07) is 0. The lowest BCUT2D eigenvalue weighted by molar-refractivity contribution is 0.264. The van der Waals surface area contributed by atoms with Gasteiger partial charge in [0.2, 0.25) is 0 Å². The normalized spacial score (nSPS) is 28.4. The first-order chi connectivity index (χ1) is 5.36. The van der Waals surface area contributed by atoms with Gasteiger partial charge >= 0.3 is 0 Å². The van der Waals surface area contributed by atoms with Crippen LogP contribution in [0.2, 0.25) is 0 Å². The zero-order valence-corrected chi connectivity index (χ0v) is 7.55. The van der Waals surface area contributed by atoms with E-state index in [4.69, 9.17) is 5.73 Å². The highest BCUT2D eigenvalue weighted by atomic mass is 15.1. The van der Waals surface area contributed by atoms with Gasteiger partial charge in [0.25, 0.3) is 0 Å². The molecule has 1 saturated heterocycles. The lowest BCUT2D eigenvalue weighted by Gasteiger charge is -2.21. The van der Waals surface area contributed by atoms with Gasteiger partial charge in [0.05, 0.1) is 0 Å². The largest absolute Gasteiger partial charge is 0.330 e. The Morgan fingerprint density at radius 2 is 2.27 bits per heavy atom. The average molecular weight is 156 g/mol. The molecule has 1 heterocycles. The van der Waals surface area contributed by atoms with Crippen LogP contribution in [0, 0.1) is 5.92 Å². The number of nitrogens with two attached hydrogens (primary N) is 1. The predicted octanol–water partition coefficient (Wildman–Crippen LogP) is 1.07. The van der Waals surface area contributed by atoms with Crippen molar-refractivity contribution in [1.29, 1.82) is 0 Å². The standard InChI is InChI=1S/C9H20N2/c1-2-11-6-4-3-5-9(7-10)8-11/h9H,2-8,10H2,1H3. The van der Waals surface area contributed by atoms with Crippen LogP contribution >= 0.6 is 0 Å². The first kappa shape index (κ1) is 9.01. The summed E-state index contributed by atoms with van der Waals surface area (Å²) in [7, 11) is 0. The molecular formula is C9H20N2. The van der Waals surface area contributed by atoms with E-state index in [0.29, 0.717) is 0 Å². The van der Waals surface area contributed by atoms with Gasteiger partial charge in [-0.1, -0.05) is 13.3 Å². The maximum absolute atomic E-state index is 5.66. The van der Waals surface area contributed by atoms with Crippen molar-refractivity contribution in [3.05, 3.63) is 0 Å². The molecule has 1 aliphatic rings. The summed E-state index contributed by atoms with van der Waals surface area (Å²) in [4.78, 5) is 2.52. The Morgan fingerprint density at radius 1 is 1.45 bits per heavy atom. The fourth-order valence-electron chi connectivity index (χ4n) is 1.80. The predicted molar refractivity (Wildman–Crippen MR) is 48.5 cm³/mol. The van der Waals surface area contributed by atoms with Gasteiger partial charge in [0.15, 0.2) is 0 Å². The van der Waals surface area contributed by atoms with Gasteiger partial charge in [-0.2, -0.15) is 0 Å². The molecule has 1 aliphatic heterocycles. The Labute approximate surface area is 69.8 Å². The average Bonchev–Trinajstić information content (AvgIpc) is 2.28. The molecule has 2 heteroatoms. The Morgan fingerprint density at radius 3 is 2.91 bits per heavy atom. The van der Waals surface area contributed by atoms with Gasteiger partial charge in [-0.05, 0) is 38.4 Å². The summed E-state index contributed by atoms with van der Waals surface area (Å²) >= 11 is 0. The van der Waals surface area contributed by atoms with E-state index < -0.39 is 0 Å². The van der Waals surface area contributed by atoms with Crippen LogP contribution in [0.25, 0.3) is 0 Å². The van der Waals surface area contributed by atoms with Crippen molar-refractivity contribution >= 4 is 0 Å². The summed E-state index contributed by atoms with van der Waals surface area (Å²) in [6.45, 7) is 6.81. The molecule has 1 atom stereocenters. The van der Waals surface area contributed by atoms with E-state index in [2.05, 4.69) is 11.8 Å². The van der Waals surface area contributed by atoms with Gasteiger partial charge in [-0.15, -0.1) is 0 Å². The first-order valence-corrected chi connectivity index (χ1v) is 4.79. The quantitative estimate of drug-likeness (QED) is 0.648. The minimum atomic E-state index is 0.762. The second-order valence-electron chi connectivity index (χ2n) is 3.49. The molecule has 0 saturated carbocycles. The van der Waals surface area contributed by atoms with E-state index in [1.165, 1.54) is 38.9 Å². The molecule has 1 rings (SSSR count). The van der Waals surface area contributed by atoms with Crippen LogP contribution in [-0.2, 0) is 0 Å². The molecule has 0 spiro atoms. The van der Waals surface area contributed by atoms with Crippen LogP contribution in [0.5, 0.6) is 0 Å². The summed E-state index contributed by atoms with van der Waals surface area (Å²) < 4.78 is 0. The van der Waals surface area contributed by atoms with E-state index in [0.717, 1.165) is 12.5 Å². The highest BCUT2D eigenvalue weighted by Crippen LogP contribution is 2.14. The lowest BCUT2D eigenvalue weighted by Crippen LogP contribution is -2.31. The Balaban J connectivity index is 2.33. The molecule has 1 unspecified atom stereocenters. The minimum Gasteiger partial charge on any atom is -0.330 e.